The summed E-state index contributed by atoms with van der Waals surface area (Å²) >= 11 is 3.42. The Morgan fingerprint density at radius 3 is 2.60 bits per heavy atom. The minimum Gasteiger partial charge on any atom is -0.456 e. The minimum atomic E-state index is 0.542. The second-order valence-corrected chi connectivity index (χ2v) is 5.40. The van der Waals surface area contributed by atoms with Crippen LogP contribution in [0.1, 0.15) is 16.7 Å². The molecule has 0 aliphatic heterocycles. The summed E-state index contributed by atoms with van der Waals surface area (Å²) in [6.45, 7) is 2.70. The van der Waals surface area contributed by atoms with Gasteiger partial charge in [0.05, 0.1) is 5.56 Å². The molecule has 0 aromatic heterocycles. The lowest BCUT2D eigenvalue weighted by molar-refractivity contribution is 0.477. The van der Waals surface area contributed by atoms with Gasteiger partial charge in [-0.25, -0.2) is 0 Å². The molecule has 2 aromatic rings. The number of hydrogen-bond donors (Lipinski definition) is 1. The molecule has 0 spiro atoms. The third kappa shape index (κ3) is 3.38. The van der Waals surface area contributed by atoms with Crippen LogP contribution in [0, 0.1) is 18.3 Å². The lowest BCUT2D eigenvalue weighted by Crippen LogP contribution is -2.05. The van der Waals surface area contributed by atoms with Crippen molar-refractivity contribution in [3.8, 4) is 17.6 Å². The van der Waals surface area contributed by atoms with Gasteiger partial charge >= 0.3 is 0 Å². The number of nitrogens with one attached hydrogen (secondary N) is 1. The second-order valence-electron chi connectivity index (χ2n) is 4.48. The Bertz CT molecular complexity index is 662. The van der Waals surface area contributed by atoms with Gasteiger partial charge in [0.1, 0.15) is 17.6 Å². The van der Waals surface area contributed by atoms with E-state index in [2.05, 4.69) is 27.3 Å². The standard InChI is InChI=1S/C16H15BrN2O/c1-11-7-14(17)4-6-15(11)20-16-5-3-12(10-19-2)8-13(16)9-18/h3-8,19H,10H2,1-2H3. The second kappa shape index (κ2) is 6.56. The van der Waals surface area contributed by atoms with E-state index in [9.17, 15) is 5.26 Å². The number of rotatable bonds is 4. The van der Waals surface area contributed by atoms with Crippen LogP contribution < -0.4 is 10.1 Å². The van der Waals surface area contributed by atoms with Crippen LogP contribution in [0.2, 0.25) is 0 Å². The van der Waals surface area contributed by atoms with Crippen molar-refractivity contribution in [2.45, 2.75) is 13.5 Å². The monoisotopic (exact) mass is 330 g/mol. The van der Waals surface area contributed by atoms with Gasteiger partial charge in [0.15, 0.2) is 0 Å². The van der Waals surface area contributed by atoms with Gasteiger partial charge in [0, 0.05) is 11.0 Å². The first-order chi connectivity index (χ1) is 9.63. The van der Waals surface area contributed by atoms with Crippen LogP contribution in [0.3, 0.4) is 0 Å². The van der Waals surface area contributed by atoms with E-state index >= 15 is 0 Å². The molecule has 4 heteroatoms. The van der Waals surface area contributed by atoms with Gasteiger partial charge in [0.2, 0.25) is 0 Å². The normalized spacial score (nSPS) is 10.1. The van der Waals surface area contributed by atoms with Crippen molar-refractivity contribution in [2.24, 2.45) is 0 Å². The van der Waals surface area contributed by atoms with E-state index in [0.717, 1.165) is 27.9 Å². The fourth-order valence-corrected chi connectivity index (χ4v) is 2.39. The summed E-state index contributed by atoms with van der Waals surface area (Å²) in [4.78, 5) is 0. The molecule has 0 aliphatic carbocycles. The maximum absolute atomic E-state index is 9.24. The maximum atomic E-state index is 9.24. The van der Waals surface area contributed by atoms with Gasteiger partial charge in [-0.1, -0.05) is 22.0 Å². The highest BCUT2D eigenvalue weighted by molar-refractivity contribution is 9.10. The number of nitriles is 1. The highest BCUT2D eigenvalue weighted by Gasteiger charge is 2.08. The van der Waals surface area contributed by atoms with Crippen LogP contribution in [-0.4, -0.2) is 7.05 Å². The van der Waals surface area contributed by atoms with Gasteiger partial charge in [-0.3, -0.25) is 0 Å². The quantitative estimate of drug-likeness (QED) is 0.916. The zero-order valence-electron chi connectivity index (χ0n) is 11.4. The summed E-state index contributed by atoms with van der Waals surface area (Å²) in [7, 11) is 1.88. The summed E-state index contributed by atoms with van der Waals surface area (Å²) in [5.74, 6) is 1.34. The van der Waals surface area contributed by atoms with Gasteiger partial charge in [0.25, 0.3) is 0 Å². The third-order valence-electron chi connectivity index (χ3n) is 2.90. The third-order valence-corrected chi connectivity index (χ3v) is 3.40. The smallest absolute Gasteiger partial charge is 0.145 e. The van der Waals surface area contributed by atoms with E-state index in [-0.39, 0.29) is 0 Å². The highest BCUT2D eigenvalue weighted by Crippen LogP contribution is 2.30. The predicted molar refractivity (Wildman–Crippen MR) is 82.9 cm³/mol. The van der Waals surface area contributed by atoms with E-state index in [0.29, 0.717) is 11.3 Å². The molecule has 2 aromatic carbocycles. The van der Waals surface area contributed by atoms with Crippen molar-refractivity contribution in [3.05, 3.63) is 57.6 Å². The molecule has 0 aliphatic rings. The molecular formula is C16H15BrN2O. The Balaban J connectivity index is 2.31. The van der Waals surface area contributed by atoms with Crippen molar-refractivity contribution >= 4 is 15.9 Å². The molecule has 0 unspecified atom stereocenters. The van der Waals surface area contributed by atoms with Crippen molar-refractivity contribution in [3.63, 3.8) is 0 Å². The Morgan fingerprint density at radius 2 is 1.95 bits per heavy atom. The largest absolute Gasteiger partial charge is 0.456 e. The van der Waals surface area contributed by atoms with E-state index < -0.39 is 0 Å². The fourth-order valence-electron chi connectivity index (χ4n) is 1.91. The molecule has 0 saturated heterocycles. The SMILES string of the molecule is CNCc1ccc(Oc2ccc(Br)cc2C)c(C#N)c1. The van der Waals surface area contributed by atoms with Crippen LogP contribution in [0.25, 0.3) is 0 Å². The molecule has 0 atom stereocenters. The van der Waals surface area contributed by atoms with E-state index in [1.807, 2.05) is 50.4 Å². The average Bonchev–Trinajstić information content (AvgIpc) is 2.43. The molecular weight excluding hydrogens is 316 g/mol. The number of halogens is 1. The maximum Gasteiger partial charge on any atom is 0.145 e. The topological polar surface area (TPSA) is 45.0 Å². The number of aryl methyl sites for hydroxylation is 1. The van der Waals surface area contributed by atoms with Gasteiger partial charge in [-0.2, -0.15) is 5.26 Å². The Morgan fingerprint density at radius 1 is 1.20 bits per heavy atom. The van der Waals surface area contributed by atoms with Crippen LogP contribution in [0.5, 0.6) is 11.5 Å². The summed E-state index contributed by atoms with van der Waals surface area (Å²) in [6, 6.07) is 13.6. The number of hydrogen-bond acceptors (Lipinski definition) is 3. The molecule has 2 rings (SSSR count). The fraction of sp³-hybridized carbons (Fsp3) is 0.188. The van der Waals surface area contributed by atoms with Crippen LogP contribution in [-0.2, 0) is 6.54 Å². The molecule has 0 amide bonds. The lowest BCUT2D eigenvalue weighted by Gasteiger charge is -2.11. The van der Waals surface area contributed by atoms with Crippen LogP contribution >= 0.6 is 15.9 Å². The first kappa shape index (κ1) is 14.6. The minimum absolute atomic E-state index is 0.542. The molecule has 102 valence electrons. The zero-order valence-corrected chi connectivity index (χ0v) is 13.0. The Hall–Kier alpha value is -1.83. The number of nitrogens with zero attached hydrogens (tertiary/aromatic N) is 1. The van der Waals surface area contributed by atoms with Crippen molar-refractivity contribution in [2.75, 3.05) is 7.05 Å². The average molecular weight is 331 g/mol. The van der Waals surface area contributed by atoms with Crippen molar-refractivity contribution in [1.29, 1.82) is 5.26 Å². The molecule has 0 heterocycles. The van der Waals surface area contributed by atoms with Gasteiger partial charge < -0.3 is 10.1 Å². The number of ether oxygens (including phenoxy) is 1. The first-order valence-corrected chi connectivity index (χ1v) is 7.05. The van der Waals surface area contributed by atoms with Crippen LogP contribution in [0.15, 0.2) is 40.9 Å². The summed E-state index contributed by atoms with van der Waals surface area (Å²) in [6.07, 6.45) is 0. The summed E-state index contributed by atoms with van der Waals surface area (Å²) < 4.78 is 6.86. The van der Waals surface area contributed by atoms with E-state index in [4.69, 9.17) is 4.74 Å². The van der Waals surface area contributed by atoms with Crippen molar-refractivity contribution < 1.29 is 4.74 Å². The Labute approximate surface area is 127 Å². The highest BCUT2D eigenvalue weighted by atomic mass is 79.9. The van der Waals surface area contributed by atoms with E-state index in [1.165, 1.54) is 0 Å². The molecule has 20 heavy (non-hydrogen) atoms. The van der Waals surface area contributed by atoms with Gasteiger partial charge in [-0.05, 0) is 55.4 Å². The predicted octanol–water partition coefficient (Wildman–Crippen LogP) is 4.14. The molecule has 0 fully saturated rings. The van der Waals surface area contributed by atoms with E-state index in [1.54, 1.807) is 0 Å². The zero-order chi connectivity index (χ0) is 14.5. The molecule has 1 N–H and O–H groups in total. The number of benzene rings is 2. The lowest BCUT2D eigenvalue weighted by atomic mass is 10.1. The molecule has 3 nitrogen and oxygen atoms in total. The molecule has 0 saturated carbocycles. The van der Waals surface area contributed by atoms with Crippen LogP contribution in [0.4, 0.5) is 0 Å². The van der Waals surface area contributed by atoms with Crippen molar-refractivity contribution in [1.82, 2.24) is 5.32 Å². The first-order valence-electron chi connectivity index (χ1n) is 6.25. The van der Waals surface area contributed by atoms with Gasteiger partial charge in [-0.15, -0.1) is 0 Å². The summed E-state index contributed by atoms with van der Waals surface area (Å²) in [5.41, 5.74) is 2.62. The Kier molecular flexibility index (Phi) is 4.78. The summed E-state index contributed by atoms with van der Waals surface area (Å²) in [5, 5.41) is 12.3. The molecule has 0 radical (unpaired) electrons. The molecule has 0 bridgehead atoms.